The van der Waals surface area contributed by atoms with E-state index in [1.165, 1.54) is 12.1 Å². The Morgan fingerprint density at radius 3 is 2.75 bits per heavy atom. The average molecular weight is 231 g/mol. The van der Waals surface area contributed by atoms with Gasteiger partial charge in [0.05, 0.1) is 24.8 Å². The van der Waals surface area contributed by atoms with Crippen molar-refractivity contribution in [2.75, 3.05) is 13.7 Å². The number of rotatable bonds is 1. The second kappa shape index (κ2) is 4.07. The fourth-order valence-electron chi connectivity index (χ4n) is 1.84. The molecule has 16 heavy (non-hydrogen) atoms. The van der Waals surface area contributed by atoms with Gasteiger partial charge in [-0.2, -0.15) is 13.2 Å². The maximum Gasteiger partial charge on any atom is 0.416 e. The van der Waals surface area contributed by atoms with Crippen molar-refractivity contribution < 1.29 is 17.9 Å². The number of hydrogen-bond donors (Lipinski definition) is 1. The maximum atomic E-state index is 12.5. The van der Waals surface area contributed by atoms with Crippen LogP contribution in [0.1, 0.15) is 22.7 Å². The van der Waals surface area contributed by atoms with Gasteiger partial charge in [-0.05, 0) is 30.3 Å². The number of fused-ring (bicyclic) bond motifs is 1. The van der Waals surface area contributed by atoms with Crippen LogP contribution in [-0.4, -0.2) is 13.7 Å². The summed E-state index contributed by atoms with van der Waals surface area (Å²) in [5.74, 6) is 0. The summed E-state index contributed by atoms with van der Waals surface area (Å²) in [7, 11) is 1.71. The van der Waals surface area contributed by atoms with Crippen LogP contribution >= 0.6 is 0 Å². The van der Waals surface area contributed by atoms with Crippen molar-refractivity contribution in [1.82, 2.24) is 5.32 Å². The van der Waals surface area contributed by atoms with Crippen LogP contribution in [0.4, 0.5) is 13.2 Å². The Balaban J connectivity index is 2.43. The van der Waals surface area contributed by atoms with E-state index in [9.17, 15) is 13.2 Å². The van der Waals surface area contributed by atoms with Crippen LogP contribution in [0, 0.1) is 0 Å². The Hall–Kier alpha value is -1.07. The summed E-state index contributed by atoms with van der Waals surface area (Å²) in [4.78, 5) is 0. The van der Waals surface area contributed by atoms with Gasteiger partial charge in [-0.1, -0.05) is 6.07 Å². The summed E-state index contributed by atoms with van der Waals surface area (Å²) in [5, 5.41) is 2.95. The van der Waals surface area contributed by atoms with Crippen molar-refractivity contribution in [2.24, 2.45) is 0 Å². The van der Waals surface area contributed by atoms with Gasteiger partial charge in [0.25, 0.3) is 0 Å². The van der Waals surface area contributed by atoms with Crippen LogP contribution < -0.4 is 5.32 Å². The molecule has 0 unspecified atom stereocenters. The third kappa shape index (κ3) is 2.05. The van der Waals surface area contributed by atoms with Gasteiger partial charge in [0, 0.05) is 0 Å². The van der Waals surface area contributed by atoms with Crippen molar-refractivity contribution in [1.29, 1.82) is 0 Å². The molecule has 1 N–H and O–H groups in total. The van der Waals surface area contributed by atoms with E-state index >= 15 is 0 Å². The highest BCUT2D eigenvalue weighted by molar-refractivity contribution is 5.36. The zero-order valence-electron chi connectivity index (χ0n) is 8.77. The molecular weight excluding hydrogens is 219 g/mol. The molecule has 0 fully saturated rings. The number of ether oxygens (including phenoxy) is 1. The van der Waals surface area contributed by atoms with E-state index in [0.717, 1.165) is 11.6 Å². The van der Waals surface area contributed by atoms with Gasteiger partial charge in [-0.15, -0.1) is 0 Å². The highest BCUT2D eigenvalue weighted by atomic mass is 19.4. The first kappa shape index (κ1) is 11.4. The second-order valence-corrected chi connectivity index (χ2v) is 3.77. The molecule has 1 heterocycles. The smallest absolute Gasteiger partial charge is 0.375 e. The molecule has 0 aliphatic carbocycles. The summed E-state index contributed by atoms with van der Waals surface area (Å²) in [6.07, 6.45) is -4.29. The van der Waals surface area contributed by atoms with E-state index in [1.54, 1.807) is 7.05 Å². The van der Waals surface area contributed by atoms with Crippen LogP contribution in [0.5, 0.6) is 0 Å². The molecule has 0 saturated carbocycles. The summed E-state index contributed by atoms with van der Waals surface area (Å²) < 4.78 is 42.9. The Morgan fingerprint density at radius 1 is 1.38 bits per heavy atom. The Kier molecular flexibility index (Phi) is 2.90. The number of nitrogens with one attached hydrogen (secondary N) is 1. The lowest BCUT2D eigenvalue weighted by Gasteiger charge is -2.26. The molecule has 1 aliphatic rings. The molecule has 1 atom stereocenters. The van der Waals surface area contributed by atoms with Crippen LogP contribution in [0.2, 0.25) is 0 Å². The van der Waals surface area contributed by atoms with Gasteiger partial charge < -0.3 is 10.1 Å². The van der Waals surface area contributed by atoms with Crippen molar-refractivity contribution in [2.45, 2.75) is 18.8 Å². The van der Waals surface area contributed by atoms with Gasteiger partial charge in [0.1, 0.15) is 0 Å². The van der Waals surface area contributed by atoms with Crippen LogP contribution in [0.25, 0.3) is 0 Å². The number of hydrogen-bond acceptors (Lipinski definition) is 2. The number of likely N-dealkylation sites (N-methyl/N-ethyl adjacent to an activating group) is 1. The minimum Gasteiger partial charge on any atom is -0.375 e. The minimum absolute atomic E-state index is 0.161. The Labute approximate surface area is 91.4 Å². The fraction of sp³-hybridized carbons (Fsp3) is 0.455. The fourth-order valence-corrected chi connectivity index (χ4v) is 1.84. The average Bonchev–Trinajstić information content (AvgIpc) is 2.26. The third-order valence-electron chi connectivity index (χ3n) is 2.74. The molecule has 0 aromatic heterocycles. The summed E-state index contributed by atoms with van der Waals surface area (Å²) in [5.41, 5.74) is 0.899. The largest absolute Gasteiger partial charge is 0.416 e. The number of alkyl halides is 3. The monoisotopic (exact) mass is 231 g/mol. The van der Waals surface area contributed by atoms with Gasteiger partial charge in [0.2, 0.25) is 0 Å². The predicted octanol–water partition coefficient (Wildman–Crippen LogP) is 2.50. The molecular formula is C11H12F3NO. The van der Waals surface area contributed by atoms with E-state index < -0.39 is 11.7 Å². The topological polar surface area (TPSA) is 21.3 Å². The Bertz CT molecular complexity index is 389. The predicted molar refractivity (Wildman–Crippen MR) is 52.9 cm³/mol. The van der Waals surface area contributed by atoms with Crippen molar-refractivity contribution in [3.63, 3.8) is 0 Å². The van der Waals surface area contributed by atoms with Crippen molar-refractivity contribution >= 4 is 0 Å². The quantitative estimate of drug-likeness (QED) is 0.801. The zero-order valence-corrected chi connectivity index (χ0v) is 8.77. The number of benzene rings is 1. The first-order valence-corrected chi connectivity index (χ1v) is 4.97. The van der Waals surface area contributed by atoms with Crippen LogP contribution in [0.15, 0.2) is 18.2 Å². The standard InChI is InChI=1S/C11H12F3NO/c1-15-10-6-16-5-7-2-3-8(4-9(7)10)11(12,13)14/h2-4,10,15H,5-6H2,1H3/t10-/m1/s1. The van der Waals surface area contributed by atoms with E-state index in [1.807, 2.05) is 0 Å². The second-order valence-electron chi connectivity index (χ2n) is 3.77. The van der Waals surface area contributed by atoms with E-state index in [-0.39, 0.29) is 6.04 Å². The molecule has 2 rings (SSSR count). The lowest BCUT2D eigenvalue weighted by molar-refractivity contribution is -0.137. The van der Waals surface area contributed by atoms with Crippen LogP contribution in [-0.2, 0) is 17.5 Å². The normalized spacial score (nSPS) is 20.6. The lowest BCUT2D eigenvalue weighted by Crippen LogP contribution is -2.27. The summed E-state index contributed by atoms with van der Waals surface area (Å²) in [6.45, 7) is 0.788. The molecule has 0 spiro atoms. The summed E-state index contributed by atoms with van der Waals surface area (Å²) in [6, 6.07) is 3.63. The molecule has 88 valence electrons. The van der Waals surface area contributed by atoms with Gasteiger partial charge in [0.15, 0.2) is 0 Å². The van der Waals surface area contributed by atoms with Gasteiger partial charge in [-0.25, -0.2) is 0 Å². The molecule has 0 bridgehead atoms. The molecule has 1 aromatic rings. The molecule has 1 aliphatic heterocycles. The minimum atomic E-state index is -4.29. The van der Waals surface area contributed by atoms with E-state index in [2.05, 4.69) is 5.32 Å². The molecule has 0 radical (unpaired) electrons. The third-order valence-corrected chi connectivity index (χ3v) is 2.74. The molecule has 5 heteroatoms. The highest BCUT2D eigenvalue weighted by Crippen LogP contribution is 2.33. The molecule has 0 amide bonds. The van der Waals surface area contributed by atoms with Crippen LogP contribution in [0.3, 0.4) is 0 Å². The van der Waals surface area contributed by atoms with Gasteiger partial charge in [-0.3, -0.25) is 0 Å². The van der Waals surface area contributed by atoms with Crippen molar-refractivity contribution in [3.8, 4) is 0 Å². The van der Waals surface area contributed by atoms with Crippen molar-refractivity contribution in [3.05, 3.63) is 34.9 Å². The SMILES string of the molecule is CN[C@@H]1COCc2ccc(C(F)(F)F)cc21. The van der Waals surface area contributed by atoms with E-state index in [0.29, 0.717) is 18.8 Å². The number of halogens is 3. The first-order valence-electron chi connectivity index (χ1n) is 4.97. The van der Waals surface area contributed by atoms with E-state index in [4.69, 9.17) is 4.74 Å². The molecule has 2 nitrogen and oxygen atoms in total. The first-order chi connectivity index (χ1) is 7.52. The summed E-state index contributed by atoms with van der Waals surface area (Å²) >= 11 is 0. The lowest BCUT2D eigenvalue weighted by atomic mass is 9.96. The zero-order chi connectivity index (χ0) is 11.8. The Morgan fingerprint density at radius 2 is 2.12 bits per heavy atom. The molecule has 1 aromatic carbocycles. The van der Waals surface area contributed by atoms with Gasteiger partial charge >= 0.3 is 6.18 Å². The molecule has 0 saturated heterocycles. The maximum absolute atomic E-state index is 12.5. The highest BCUT2D eigenvalue weighted by Gasteiger charge is 2.32.